The predicted octanol–water partition coefficient (Wildman–Crippen LogP) is 10.2. The first-order chi connectivity index (χ1) is 61.0. The number of aromatic nitrogens is 15. The second-order valence-electron chi connectivity index (χ2n) is 27.8. The molecular formula is C84H117F4IN20O16S3. The number of alkyl halides is 2. The summed E-state index contributed by atoms with van der Waals surface area (Å²) in [6.07, 6.45) is 11.9. The Balaban J connectivity index is 0.000000283. The normalized spacial score (nSPS) is 12.5. The number of halogens is 5. The minimum absolute atomic E-state index is 0. The Bertz CT molecular complexity index is 5890. The standard InChI is InChI=1S/C27H32FN7O6S.C27H35FN6O5S.C23H25FIN5O5S.C3H10N2.CH3F.3CH4/c1-17-22-23(36)33(12-11-32-10-4-7-29-26(32)37)27(38)34(25(22)42-24(17)35-30-8-9-31-35)16-21(41-14-13-39-2)19-15-18(28)5-6-20(19)40-3;1-18-23-24(35)32(13-7-5-4-6-10-29)27(36)33(26(23)40-25(18)34-30-11-12-31-34)17-22(39-15-14-37-2)20-16-19(28)8-9-21(20)38-3;1-14-19-20(31)28(9-6-25)23(32)29(22(19)36-21(14)30-26-7-8-27-30)13-18(35-11-10-33-2)16-12-15(24)4-5-17(16)34-3;4-2-1-3-5;1-2;;;/h5-6,8-9,15,21H,4,7,10-14,16H2,1-3H3,(H,29,37);8-9,11-12,16,22H,4-7,10,13-15,17,29H2,1-3H3;4-5,7-8,12,18H,6,9-11,13H2,1-3H3;1-5H2;1H3;3*1H4/t21-;22-;18-;;;;;/m000...../s1/i;;;;1D;;;. The molecule has 0 aliphatic carbocycles. The first-order valence-corrected chi connectivity index (χ1v) is 43.7. The van der Waals surface area contributed by atoms with Gasteiger partial charge in [-0.1, -0.05) is 91.7 Å². The highest BCUT2D eigenvalue weighted by atomic mass is 127. The highest BCUT2D eigenvalue weighted by Gasteiger charge is 2.32. The molecule has 13 rings (SSSR count). The van der Waals surface area contributed by atoms with Crippen LogP contribution in [-0.4, -0.2) is 216 Å². The Morgan fingerprint density at radius 2 is 0.773 bits per heavy atom. The largest absolute Gasteiger partial charge is 0.496 e. The summed E-state index contributed by atoms with van der Waals surface area (Å²) in [5.74, 6) is -0.186. The molecule has 702 valence electrons. The number of aryl methyl sites for hydroxylation is 3. The van der Waals surface area contributed by atoms with Gasteiger partial charge in [0, 0.05) is 98.4 Å². The van der Waals surface area contributed by atoms with Crippen LogP contribution in [0.15, 0.2) is 121 Å². The second kappa shape index (κ2) is 53.0. The van der Waals surface area contributed by atoms with Gasteiger partial charge in [-0.05, 0) is 121 Å². The van der Waals surface area contributed by atoms with E-state index in [2.05, 4.69) is 58.5 Å². The third kappa shape index (κ3) is 25.9. The molecule has 3 atom stereocenters. The summed E-state index contributed by atoms with van der Waals surface area (Å²) in [6, 6.07) is 12.2. The topological polar surface area (TPSA) is 418 Å². The number of ether oxygens (including phenoxy) is 9. The minimum Gasteiger partial charge on any atom is -0.496 e. The highest BCUT2D eigenvalue weighted by Crippen LogP contribution is 2.38. The number of urea groups is 1. The van der Waals surface area contributed by atoms with Gasteiger partial charge in [0.25, 0.3) is 16.7 Å². The third-order valence-electron chi connectivity index (χ3n) is 19.9. The smallest absolute Gasteiger partial charge is 0.332 e. The number of hydrogen-bond acceptors (Lipinski definition) is 28. The molecule has 2 amide bonds. The van der Waals surface area contributed by atoms with Crippen LogP contribution in [0, 0.1) is 38.2 Å². The lowest BCUT2D eigenvalue weighted by atomic mass is 10.1. The van der Waals surface area contributed by atoms with Crippen molar-refractivity contribution < 1.29 is 66.4 Å². The lowest BCUT2D eigenvalue weighted by Gasteiger charge is -2.27. The number of carbonyl (C=O) groups excluding carboxylic acids is 1. The molecule has 7 N–H and O–H groups in total. The Hall–Kier alpha value is -10.2. The van der Waals surface area contributed by atoms with Gasteiger partial charge in [-0.2, -0.15) is 30.6 Å². The Morgan fingerprint density at radius 3 is 1.07 bits per heavy atom. The molecule has 1 fully saturated rings. The number of rotatable bonds is 40. The first-order valence-electron chi connectivity index (χ1n) is 40.5. The molecular weight excluding hydrogens is 1840 g/mol. The van der Waals surface area contributed by atoms with E-state index in [0.717, 1.165) is 49.8 Å². The molecule has 44 heteroatoms. The van der Waals surface area contributed by atoms with E-state index in [-0.39, 0.29) is 112 Å². The second-order valence-corrected chi connectivity index (χ2v) is 31.8. The molecule has 0 radical (unpaired) electrons. The summed E-state index contributed by atoms with van der Waals surface area (Å²) in [7, 11) is 8.08. The summed E-state index contributed by atoms with van der Waals surface area (Å²) >= 11 is 5.81. The van der Waals surface area contributed by atoms with Crippen molar-refractivity contribution in [1.29, 1.82) is 0 Å². The molecule has 0 spiro atoms. The van der Waals surface area contributed by atoms with Gasteiger partial charge in [0.15, 0.2) is 0 Å². The molecule has 1 saturated heterocycles. The van der Waals surface area contributed by atoms with Crippen molar-refractivity contribution in [3.8, 4) is 32.3 Å². The van der Waals surface area contributed by atoms with Crippen molar-refractivity contribution in [2.24, 2.45) is 17.2 Å². The van der Waals surface area contributed by atoms with E-state index in [1.165, 1.54) is 167 Å². The molecule has 12 aromatic rings. The number of nitrogens with two attached hydrogens (primary N) is 3. The Morgan fingerprint density at radius 1 is 0.453 bits per heavy atom. The van der Waals surface area contributed by atoms with Gasteiger partial charge < -0.3 is 70.0 Å². The number of thiophene rings is 3. The van der Waals surface area contributed by atoms with Crippen LogP contribution in [0.2, 0.25) is 0 Å². The highest BCUT2D eigenvalue weighted by molar-refractivity contribution is 14.1. The molecule has 9 aromatic heterocycles. The van der Waals surface area contributed by atoms with Crippen LogP contribution in [0.4, 0.5) is 22.4 Å². The van der Waals surface area contributed by atoms with E-state index in [9.17, 15) is 51.1 Å². The molecule has 0 unspecified atom stereocenters. The molecule has 3 aromatic carbocycles. The van der Waals surface area contributed by atoms with Gasteiger partial charge in [-0.15, -0.1) is 14.4 Å². The van der Waals surface area contributed by atoms with Crippen LogP contribution in [0.25, 0.3) is 45.7 Å². The van der Waals surface area contributed by atoms with Crippen molar-refractivity contribution >= 4 is 93.3 Å². The van der Waals surface area contributed by atoms with Crippen LogP contribution in [-0.2, 0) is 67.7 Å². The number of hydrogen-bond donors (Lipinski definition) is 4. The van der Waals surface area contributed by atoms with Gasteiger partial charge in [-0.3, -0.25) is 46.2 Å². The summed E-state index contributed by atoms with van der Waals surface area (Å²) in [5.41, 5.74) is 16.3. The number of amides is 2. The minimum atomic E-state index is -1.00. The van der Waals surface area contributed by atoms with Crippen molar-refractivity contribution in [2.75, 3.05) is 133 Å². The average Bonchev–Trinajstić information content (AvgIpc) is 1.61. The van der Waals surface area contributed by atoms with Crippen molar-refractivity contribution in [3.63, 3.8) is 0 Å². The monoisotopic (exact) mass is 1960 g/mol. The van der Waals surface area contributed by atoms with Crippen molar-refractivity contribution in [1.82, 2.24) is 82.6 Å². The number of carbonyl (C=O) groups is 1. The maximum absolute atomic E-state index is 14.4. The maximum Gasteiger partial charge on any atom is 0.332 e. The fraction of sp³-hybridized carbons (Fsp3) is 0.488. The van der Waals surface area contributed by atoms with Gasteiger partial charge in [0.05, 0.1) is 142 Å². The van der Waals surface area contributed by atoms with Crippen LogP contribution in [0.5, 0.6) is 17.2 Å². The average molecular weight is 1960 g/mol. The van der Waals surface area contributed by atoms with Crippen LogP contribution in [0.3, 0.4) is 0 Å². The quantitative estimate of drug-likeness (QED) is 0.0120. The number of unbranched alkanes of at least 4 members (excludes halogenated alkanes) is 3. The lowest BCUT2D eigenvalue weighted by Crippen LogP contribution is -2.49. The lowest BCUT2D eigenvalue weighted by molar-refractivity contribution is 0.00637. The van der Waals surface area contributed by atoms with Crippen LogP contribution >= 0.6 is 56.6 Å². The Labute approximate surface area is 764 Å². The van der Waals surface area contributed by atoms with Gasteiger partial charge >= 0.3 is 23.1 Å². The fourth-order valence-electron chi connectivity index (χ4n) is 13.8. The predicted molar refractivity (Wildman–Crippen MR) is 497 cm³/mol. The van der Waals surface area contributed by atoms with E-state index < -0.39 is 65.5 Å². The van der Waals surface area contributed by atoms with Gasteiger partial charge in [-0.25, -0.2) is 32.3 Å². The zero-order valence-electron chi connectivity index (χ0n) is 71.8. The number of benzene rings is 3. The fourth-order valence-corrected chi connectivity index (χ4v) is 17.9. The van der Waals surface area contributed by atoms with E-state index in [1.54, 1.807) is 50.8 Å². The van der Waals surface area contributed by atoms with Gasteiger partial charge in [0.1, 0.15) is 82.5 Å². The SMILES string of the molecule is C.C.C.COCCO[C@@H](Cn1c(=O)n(CCCCCCN)c(=O)c2c(C)c(-n3nccn3)sc21)c1cc(F)ccc1OC.COCCO[C@@H](Cn1c(=O)n(CCI)c(=O)c2c(C)c(-n3nccn3)sc21)c1cc(F)ccc1OC.COCCO[C@@H](Cn1c(=O)n(CCN2CCCNC2=O)c(=O)c2c(C)c(-n3nccn3)sc21)c1cc(F)ccc1OC.NCCCN.[2H]CF. The van der Waals surface area contributed by atoms with E-state index in [4.69, 9.17) is 61.2 Å². The molecule has 36 nitrogen and oxygen atoms in total. The van der Waals surface area contributed by atoms with Crippen LogP contribution < -0.4 is 70.5 Å². The van der Waals surface area contributed by atoms with E-state index in [1.807, 2.05) is 13.8 Å². The Kier molecular flexibility index (Phi) is 43.4. The molecule has 0 saturated carbocycles. The first kappa shape index (κ1) is 105. The van der Waals surface area contributed by atoms with Crippen molar-refractivity contribution in [3.05, 3.63) is 205 Å². The maximum atomic E-state index is 14.4. The summed E-state index contributed by atoms with van der Waals surface area (Å²) < 4.78 is 117. The molecule has 10 heterocycles. The summed E-state index contributed by atoms with van der Waals surface area (Å²) in [4.78, 5) is 102. The van der Waals surface area contributed by atoms with Gasteiger partial charge in [0.2, 0.25) is 0 Å². The summed E-state index contributed by atoms with van der Waals surface area (Å²) in [5, 5.41) is 31.1. The number of methoxy groups -OCH3 is 6. The number of nitrogens with zero attached hydrogens (tertiary/aromatic N) is 16. The molecule has 1 aliphatic heterocycles. The van der Waals surface area contributed by atoms with E-state index >= 15 is 0 Å². The summed E-state index contributed by atoms with van der Waals surface area (Å²) in [6.45, 7) is 10.6. The third-order valence-corrected chi connectivity index (χ3v) is 24.2. The molecule has 128 heavy (non-hydrogen) atoms. The molecule has 1 aliphatic rings. The van der Waals surface area contributed by atoms with Crippen molar-refractivity contribution in [2.45, 2.75) is 139 Å². The molecule has 0 bridgehead atoms. The number of fused-ring (bicyclic) bond motifs is 3. The van der Waals surface area contributed by atoms with Crippen LogP contribution in [0.1, 0.15) is 114 Å². The zero-order valence-corrected chi connectivity index (χ0v) is 75.4. The number of nitrogens with one attached hydrogen (secondary N) is 1. The van der Waals surface area contributed by atoms with E-state index in [0.29, 0.717) is 140 Å². The zero-order chi connectivity index (χ0) is 91.1.